The van der Waals surface area contributed by atoms with Gasteiger partial charge in [-0.1, -0.05) is 49.6 Å². The molecular weight excluding hydrogens is 491 g/mol. The molecule has 0 aliphatic carbocycles. The summed E-state index contributed by atoms with van der Waals surface area (Å²) in [5.41, 5.74) is 3.32. The van der Waals surface area contributed by atoms with Gasteiger partial charge < -0.3 is 23.7 Å². The van der Waals surface area contributed by atoms with Crippen LogP contribution >= 0.6 is 0 Å². The Morgan fingerprint density at radius 2 is 1.24 bits per heavy atom. The van der Waals surface area contributed by atoms with Gasteiger partial charge in [0.2, 0.25) is 0 Å². The molecule has 0 radical (unpaired) electrons. The second-order valence-electron chi connectivity index (χ2n) is 8.19. The fourth-order valence-electron chi connectivity index (χ4n) is 3.42. The highest BCUT2D eigenvalue weighted by Crippen LogP contribution is 2.29. The minimum absolute atomic E-state index is 0.0328. The highest BCUT2D eigenvalue weighted by atomic mass is 19.1. The van der Waals surface area contributed by atoms with E-state index in [1.807, 2.05) is 48.5 Å². The van der Waals surface area contributed by atoms with Crippen molar-refractivity contribution in [1.82, 2.24) is 0 Å². The molecule has 0 aliphatic heterocycles. The Bertz CT molecular complexity index is 1280. The van der Waals surface area contributed by atoms with Crippen LogP contribution in [0, 0.1) is 5.82 Å². The van der Waals surface area contributed by atoms with Gasteiger partial charge in [-0.15, -0.1) is 0 Å². The van der Waals surface area contributed by atoms with Crippen LogP contribution < -0.4 is 9.47 Å². The average molecular weight is 521 g/mol. The number of ether oxygens (including phenoxy) is 5. The van der Waals surface area contributed by atoms with Gasteiger partial charge in [-0.05, 0) is 41.0 Å². The summed E-state index contributed by atoms with van der Waals surface area (Å²) in [6.45, 7) is 7.61. The number of hydrogen-bond acceptors (Lipinski definition) is 7. The fourth-order valence-corrected chi connectivity index (χ4v) is 3.42. The van der Waals surface area contributed by atoms with Gasteiger partial charge in [0.15, 0.2) is 0 Å². The minimum Gasteiger partial charge on any atom is -0.490 e. The average Bonchev–Trinajstić information content (AvgIpc) is 2.92. The van der Waals surface area contributed by atoms with Gasteiger partial charge in [-0.3, -0.25) is 0 Å². The summed E-state index contributed by atoms with van der Waals surface area (Å²) in [6, 6.07) is 19.1. The molecule has 0 aliphatic rings. The van der Waals surface area contributed by atoms with Gasteiger partial charge in [-0.2, -0.15) is 0 Å². The Morgan fingerprint density at radius 1 is 0.711 bits per heavy atom. The maximum absolute atomic E-state index is 14.8. The second-order valence-corrected chi connectivity index (χ2v) is 8.19. The molecule has 0 unspecified atom stereocenters. The lowest BCUT2D eigenvalue weighted by molar-refractivity contribution is -0.140. The Hall–Kier alpha value is -4.27. The summed E-state index contributed by atoms with van der Waals surface area (Å²) >= 11 is 0. The minimum atomic E-state index is -0.674. The second kappa shape index (κ2) is 13.9. The molecule has 0 atom stereocenters. The molecular formula is C30H29FO7. The molecule has 3 rings (SSSR count). The zero-order valence-electron chi connectivity index (χ0n) is 21.3. The molecule has 8 heteroatoms. The third-order valence-corrected chi connectivity index (χ3v) is 5.33. The summed E-state index contributed by atoms with van der Waals surface area (Å²) in [7, 11) is 2.92. The number of hydrogen-bond donors (Lipinski definition) is 0. The molecule has 0 spiro atoms. The van der Waals surface area contributed by atoms with E-state index >= 15 is 0 Å². The molecule has 0 aromatic heterocycles. The molecule has 7 nitrogen and oxygen atoms in total. The number of esters is 2. The highest BCUT2D eigenvalue weighted by Gasteiger charge is 2.13. The summed E-state index contributed by atoms with van der Waals surface area (Å²) in [4.78, 5) is 23.6. The van der Waals surface area contributed by atoms with Gasteiger partial charge in [0, 0.05) is 25.8 Å². The first-order chi connectivity index (χ1) is 18.3. The lowest BCUT2D eigenvalue weighted by atomic mass is 10.00. The molecule has 0 N–H and O–H groups in total. The molecule has 3 aromatic carbocycles. The van der Waals surface area contributed by atoms with Gasteiger partial charge in [0.25, 0.3) is 0 Å². The molecule has 198 valence electrons. The van der Waals surface area contributed by atoms with Crippen LogP contribution in [0.2, 0.25) is 0 Å². The van der Waals surface area contributed by atoms with Gasteiger partial charge in [-0.25, -0.2) is 14.0 Å². The number of carbonyl (C=O) groups is 2. The first-order valence-corrected chi connectivity index (χ1v) is 11.7. The van der Waals surface area contributed by atoms with Crippen molar-refractivity contribution in [3.63, 3.8) is 0 Å². The maximum atomic E-state index is 14.8. The summed E-state index contributed by atoms with van der Waals surface area (Å²) in [5, 5.41) is 0. The maximum Gasteiger partial charge on any atom is 0.341 e. The fraction of sp³-hybridized carbons (Fsp3) is 0.200. The molecule has 3 aromatic rings. The van der Waals surface area contributed by atoms with E-state index in [1.54, 1.807) is 6.07 Å². The molecule has 0 bridgehead atoms. The predicted octanol–water partition coefficient (Wildman–Crippen LogP) is 5.39. The largest absolute Gasteiger partial charge is 0.490 e. The predicted molar refractivity (Wildman–Crippen MR) is 141 cm³/mol. The van der Waals surface area contributed by atoms with Gasteiger partial charge >= 0.3 is 11.9 Å². The zero-order valence-corrected chi connectivity index (χ0v) is 21.3. The van der Waals surface area contributed by atoms with Crippen molar-refractivity contribution < 1.29 is 37.7 Å². The van der Waals surface area contributed by atoms with Crippen LogP contribution in [0.1, 0.15) is 0 Å². The topological polar surface area (TPSA) is 80.3 Å². The van der Waals surface area contributed by atoms with Crippen LogP contribution in [0.25, 0.3) is 22.3 Å². The molecule has 0 fully saturated rings. The van der Waals surface area contributed by atoms with Crippen LogP contribution in [0.4, 0.5) is 4.39 Å². The Balaban J connectivity index is 1.56. The third-order valence-electron chi connectivity index (χ3n) is 5.33. The van der Waals surface area contributed by atoms with Crippen molar-refractivity contribution in [3.05, 3.63) is 96.9 Å². The molecule has 0 saturated heterocycles. The molecule has 0 heterocycles. The van der Waals surface area contributed by atoms with Crippen LogP contribution in [0.5, 0.6) is 11.5 Å². The van der Waals surface area contributed by atoms with E-state index in [9.17, 15) is 14.0 Å². The molecule has 0 saturated carbocycles. The van der Waals surface area contributed by atoms with Crippen LogP contribution in [0.3, 0.4) is 0 Å². The van der Waals surface area contributed by atoms with Crippen molar-refractivity contribution in [3.8, 4) is 33.8 Å². The first-order valence-electron chi connectivity index (χ1n) is 11.7. The number of carbonyl (C=O) groups excluding carboxylic acids is 2. The Labute approximate surface area is 221 Å². The quantitative estimate of drug-likeness (QED) is 0.129. The summed E-state index contributed by atoms with van der Waals surface area (Å²) in [6.07, 6.45) is 0. The van der Waals surface area contributed by atoms with Crippen molar-refractivity contribution in [1.29, 1.82) is 0 Å². The normalized spacial score (nSPS) is 10.5. The first kappa shape index (κ1) is 28.3. The van der Waals surface area contributed by atoms with Gasteiger partial charge in [0.1, 0.15) is 30.5 Å². The SMILES string of the molecule is C=C(COC)C(=O)OCCOc1ccc(-c2ccc(-c3ccc(OC(=O)C(=C)COC)cc3F)cc2)cc1. The van der Waals surface area contributed by atoms with Crippen LogP contribution in [0.15, 0.2) is 91.0 Å². The van der Waals surface area contributed by atoms with Crippen LogP contribution in [-0.4, -0.2) is 52.6 Å². The lowest BCUT2D eigenvalue weighted by Gasteiger charge is -2.10. The monoisotopic (exact) mass is 520 g/mol. The standard InChI is InChI=1S/C30H29FO7/c1-20(18-34-3)29(32)37-16-15-36-25-11-9-23(10-12-25)22-5-7-24(8-6-22)27-14-13-26(17-28(27)31)38-30(33)21(2)19-35-4/h5-14,17H,1-2,15-16,18-19H2,3-4H3. The van der Waals surface area contributed by atoms with Crippen LogP contribution in [-0.2, 0) is 23.8 Å². The summed E-state index contributed by atoms with van der Waals surface area (Å²) in [5.74, 6) is -0.992. The van der Waals surface area contributed by atoms with Gasteiger partial charge in [0.05, 0.1) is 24.4 Å². The van der Waals surface area contributed by atoms with E-state index in [4.69, 9.17) is 23.7 Å². The number of benzene rings is 3. The molecule has 38 heavy (non-hydrogen) atoms. The Morgan fingerprint density at radius 3 is 1.82 bits per heavy atom. The zero-order chi connectivity index (χ0) is 27.5. The van der Waals surface area contributed by atoms with E-state index in [0.717, 1.165) is 17.2 Å². The summed E-state index contributed by atoms with van der Waals surface area (Å²) < 4.78 is 40.3. The van der Waals surface area contributed by atoms with Crippen molar-refractivity contribution in [2.45, 2.75) is 0 Å². The third kappa shape index (κ3) is 7.86. The van der Waals surface area contributed by atoms with E-state index in [-0.39, 0.29) is 43.3 Å². The lowest BCUT2D eigenvalue weighted by Crippen LogP contribution is -2.15. The molecule has 0 amide bonds. The number of methoxy groups -OCH3 is 2. The van der Waals surface area contributed by atoms with E-state index in [2.05, 4.69) is 13.2 Å². The number of rotatable bonds is 13. The van der Waals surface area contributed by atoms with Crippen molar-refractivity contribution >= 4 is 11.9 Å². The van der Waals surface area contributed by atoms with E-state index in [0.29, 0.717) is 16.9 Å². The van der Waals surface area contributed by atoms with E-state index < -0.39 is 17.8 Å². The Kier molecular flexibility index (Phi) is 10.3. The van der Waals surface area contributed by atoms with Crippen molar-refractivity contribution in [2.75, 3.05) is 40.6 Å². The van der Waals surface area contributed by atoms with E-state index in [1.165, 1.54) is 20.3 Å². The van der Waals surface area contributed by atoms with Crippen molar-refractivity contribution in [2.24, 2.45) is 0 Å². The highest BCUT2D eigenvalue weighted by molar-refractivity contribution is 5.90. The number of halogens is 1. The smallest absolute Gasteiger partial charge is 0.341 e.